The highest BCUT2D eigenvalue weighted by Gasteiger charge is 2.59. The zero-order chi connectivity index (χ0) is 29.1. The van der Waals surface area contributed by atoms with Gasteiger partial charge in [0.15, 0.2) is 0 Å². The number of carboxylic acids is 1. The van der Waals surface area contributed by atoms with Crippen LogP contribution in [0.15, 0.2) is 11.6 Å². The average molecular weight is 559 g/mol. The van der Waals surface area contributed by atoms with E-state index in [1.54, 1.807) is 0 Å². The number of carbonyl (C=O) groups excluding carboxylic acids is 2. The molecule has 4 rings (SSSR count). The Kier molecular flexibility index (Phi) is 10.3. The molecule has 0 aromatic heterocycles. The number of nitrogens with one attached hydrogen (secondary N) is 1. The summed E-state index contributed by atoms with van der Waals surface area (Å²) in [6, 6.07) is -1.01. The molecule has 6 heteroatoms. The summed E-state index contributed by atoms with van der Waals surface area (Å²) < 4.78 is 5.79. The fraction of sp³-hybridized carbons (Fsp3) is 0.882. The quantitative estimate of drug-likeness (QED) is 0.238. The van der Waals surface area contributed by atoms with E-state index < -0.39 is 18.1 Å². The van der Waals surface area contributed by atoms with Crippen molar-refractivity contribution >= 4 is 12.1 Å². The van der Waals surface area contributed by atoms with E-state index in [1.165, 1.54) is 56.9 Å². The SMILES string of the molecule is CC(C)CCCC(C)C1CCC2C3CC=C4CC(OC(=O)NC(CCCC[NH3+])C(=O)[O-])CCC4(C)C3CCC12C. The molecule has 0 saturated heterocycles. The van der Waals surface area contributed by atoms with Gasteiger partial charge in [-0.3, -0.25) is 0 Å². The van der Waals surface area contributed by atoms with Gasteiger partial charge in [0.1, 0.15) is 6.10 Å². The summed E-state index contributed by atoms with van der Waals surface area (Å²) in [6.45, 7) is 13.1. The summed E-state index contributed by atoms with van der Waals surface area (Å²) in [5.74, 6) is 3.60. The predicted octanol–water partition coefficient (Wildman–Crippen LogP) is 5.65. The lowest BCUT2D eigenvalue weighted by atomic mass is 9.47. The van der Waals surface area contributed by atoms with Crippen LogP contribution >= 0.6 is 0 Å². The average Bonchev–Trinajstić information content (AvgIpc) is 3.25. The summed E-state index contributed by atoms with van der Waals surface area (Å²) in [6.07, 6.45) is 17.0. The molecule has 0 aromatic rings. The van der Waals surface area contributed by atoms with Crippen LogP contribution in [0, 0.1) is 46.3 Å². The molecule has 3 saturated carbocycles. The Balaban J connectivity index is 1.36. The summed E-state index contributed by atoms with van der Waals surface area (Å²) >= 11 is 0. The van der Waals surface area contributed by atoms with Crippen LogP contribution in [-0.2, 0) is 9.53 Å². The minimum absolute atomic E-state index is 0.186. The smallest absolute Gasteiger partial charge is 0.407 e. The molecule has 3 fully saturated rings. The van der Waals surface area contributed by atoms with E-state index in [0.29, 0.717) is 18.3 Å². The molecule has 0 aromatic carbocycles. The summed E-state index contributed by atoms with van der Waals surface area (Å²) in [5.41, 5.74) is 5.95. The Bertz CT molecular complexity index is 918. The number of rotatable bonds is 12. The van der Waals surface area contributed by atoms with Crippen molar-refractivity contribution in [2.75, 3.05) is 6.54 Å². The van der Waals surface area contributed by atoms with Crippen molar-refractivity contribution in [2.24, 2.45) is 46.3 Å². The molecule has 40 heavy (non-hydrogen) atoms. The molecule has 0 heterocycles. The van der Waals surface area contributed by atoms with Crippen molar-refractivity contribution < 1.29 is 25.2 Å². The number of hydrogen-bond acceptors (Lipinski definition) is 4. The van der Waals surface area contributed by atoms with Crippen molar-refractivity contribution in [3.05, 3.63) is 11.6 Å². The van der Waals surface area contributed by atoms with E-state index in [2.05, 4.69) is 51.7 Å². The zero-order valence-electron chi connectivity index (χ0n) is 26.1. The van der Waals surface area contributed by atoms with Gasteiger partial charge in [-0.15, -0.1) is 0 Å². The number of amides is 1. The Morgan fingerprint density at radius 1 is 1.02 bits per heavy atom. The van der Waals surface area contributed by atoms with Crippen LogP contribution in [0.5, 0.6) is 0 Å². The van der Waals surface area contributed by atoms with Gasteiger partial charge in [0.2, 0.25) is 0 Å². The van der Waals surface area contributed by atoms with Crippen LogP contribution in [-0.4, -0.2) is 30.8 Å². The zero-order valence-corrected chi connectivity index (χ0v) is 26.1. The molecule has 228 valence electrons. The van der Waals surface area contributed by atoms with Crippen LogP contribution in [0.4, 0.5) is 4.79 Å². The second-order valence-electron chi connectivity index (χ2n) is 14.9. The number of alkyl carbamates (subject to hydrolysis) is 1. The monoisotopic (exact) mass is 558 g/mol. The molecule has 4 N–H and O–H groups in total. The van der Waals surface area contributed by atoms with Gasteiger partial charge in [0, 0.05) is 6.42 Å². The van der Waals surface area contributed by atoms with Crippen molar-refractivity contribution in [3.8, 4) is 0 Å². The third-order valence-corrected chi connectivity index (χ3v) is 12.1. The highest BCUT2D eigenvalue weighted by molar-refractivity contribution is 5.78. The lowest BCUT2D eigenvalue weighted by Gasteiger charge is -2.58. The molecule has 4 aliphatic rings. The molecule has 6 nitrogen and oxygen atoms in total. The van der Waals surface area contributed by atoms with Gasteiger partial charge in [-0.25, -0.2) is 4.79 Å². The largest absolute Gasteiger partial charge is 0.548 e. The molecule has 0 radical (unpaired) electrons. The van der Waals surface area contributed by atoms with E-state index in [9.17, 15) is 14.7 Å². The maximum Gasteiger partial charge on any atom is 0.407 e. The van der Waals surface area contributed by atoms with Gasteiger partial charge >= 0.3 is 6.09 Å². The van der Waals surface area contributed by atoms with Crippen molar-refractivity contribution in [3.63, 3.8) is 0 Å². The highest BCUT2D eigenvalue weighted by atomic mass is 16.6. The predicted molar refractivity (Wildman–Crippen MR) is 157 cm³/mol. The van der Waals surface area contributed by atoms with Crippen molar-refractivity contribution in [1.29, 1.82) is 0 Å². The minimum Gasteiger partial charge on any atom is -0.548 e. The number of allylic oxidation sites excluding steroid dienone is 1. The number of unbranched alkanes of at least 4 members (excludes halogenated alkanes) is 1. The van der Waals surface area contributed by atoms with Gasteiger partial charge in [0.25, 0.3) is 0 Å². The molecule has 0 spiro atoms. The summed E-state index contributed by atoms with van der Waals surface area (Å²) in [4.78, 5) is 24.1. The molecule has 9 atom stereocenters. The fourth-order valence-corrected chi connectivity index (χ4v) is 9.85. The van der Waals surface area contributed by atoms with Crippen LogP contribution in [0.2, 0.25) is 0 Å². The first kappa shape index (κ1) is 31.4. The highest BCUT2D eigenvalue weighted by Crippen LogP contribution is 2.67. The Labute approximate surface area is 243 Å². The number of aliphatic carboxylic acids is 1. The van der Waals surface area contributed by atoms with E-state index in [1.807, 2.05) is 0 Å². The first-order chi connectivity index (χ1) is 19.0. The summed E-state index contributed by atoms with van der Waals surface area (Å²) in [7, 11) is 0. The first-order valence-electron chi connectivity index (χ1n) is 16.7. The molecular formula is C34H58N2O4. The van der Waals surface area contributed by atoms with Crippen LogP contribution in [0.1, 0.15) is 125 Å². The van der Waals surface area contributed by atoms with Crippen molar-refractivity contribution in [1.82, 2.24) is 5.32 Å². The van der Waals surface area contributed by atoms with E-state index in [-0.39, 0.29) is 11.5 Å². The third kappa shape index (κ3) is 6.57. The second kappa shape index (κ2) is 13.2. The molecule has 0 aliphatic heterocycles. The van der Waals surface area contributed by atoms with Gasteiger partial charge < -0.3 is 25.7 Å². The molecule has 1 amide bonds. The van der Waals surface area contributed by atoms with Crippen LogP contribution < -0.4 is 16.2 Å². The number of carbonyl (C=O) groups is 2. The number of ether oxygens (including phenoxy) is 1. The molecule has 4 aliphatic carbocycles. The van der Waals surface area contributed by atoms with E-state index in [4.69, 9.17) is 4.74 Å². The number of quaternary nitrogens is 1. The normalized spacial score (nSPS) is 36.6. The van der Waals surface area contributed by atoms with E-state index in [0.717, 1.165) is 67.7 Å². The van der Waals surface area contributed by atoms with Gasteiger partial charge in [-0.05, 0) is 111 Å². The summed E-state index contributed by atoms with van der Waals surface area (Å²) in [5, 5.41) is 14.1. The Hall–Kier alpha value is -1.56. The maximum atomic E-state index is 12.6. The first-order valence-corrected chi connectivity index (χ1v) is 16.7. The molecule has 0 bridgehead atoms. The lowest BCUT2D eigenvalue weighted by Crippen LogP contribution is -2.52. The second-order valence-corrected chi connectivity index (χ2v) is 14.9. The number of carboxylic acid groups (broad SMARTS) is 1. The standard InChI is InChI=1S/C34H58N2O4/c1-22(2)9-8-10-23(3)27-14-15-28-26-13-12-24-21-25(16-18-33(24,4)29(26)17-19-34(27,28)5)40-32(39)36-30(31(37)38)11-6-7-20-35/h12,22-23,25-30H,6-11,13-21,35H2,1-5H3,(H,36,39)(H,37,38). The Morgan fingerprint density at radius 3 is 2.50 bits per heavy atom. The van der Waals surface area contributed by atoms with E-state index >= 15 is 0 Å². The molecular weight excluding hydrogens is 500 g/mol. The lowest BCUT2D eigenvalue weighted by molar-refractivity contribution is -0.368. The van der Waals surface area contributed by atoms with Gasteiger partial charge in [-0.1, -0.05) is 65.5 Å². The van der Waals surface area contributed by atoms with Crippen LogP contribution in [0.3, 0.4) is 0 Å². The fourth-order valence-electron chi connectivity index (χ4n) is 9.85. The minimum atomic E-state index is -1.25. The van der Waals surface area contributed by atoms with Gasteiger partial charge in [0.05, 0.1) is 18.6 Å². The third-order valence-electron chi connectivity index (χ3n) is 12.1. The van der Waals surface area contributed by atoms with Crippen molar-refractivity contribution in [2.45, 2.75) is 137 Å². The Morgan fingerprint density at radius 2 is 1.80 bits per heavy atom. The van der Waals surface area contributed by atoms with Gasteiger partial charge in [-0.2, -0.15) is 0 Å². The number of hydrogen-bond donors (Lipinski definition) is 2. The molecule has 9 unspecified atom stereocenters. The van der Waals surface area contributed by atoms with Crippen LogP contribution in [0.25, 0.3) is 0 Å². The number of fused-ring (bicyclic) bond motifs is 5. The topological polar surface area (TPSA) is 106 Å². The maximum absolute atomic E-state index is 12.6.